The van der Waals surface area contributed by atoms with Crippen molar-refractivity contribution in [2.75, 3.05) is 0 Å². The number of rotatable bonds is 3. The molecule has 2 nitrogen and oxygen atoms in total. The van der Waals surface area contributed by atoms with E-state index in [2.05, 4.69) is 44.4 Å². The van der Waals surface area contributed by atoms with Crippen LogP contribution < -0.4 is 11.3 Å². The Morgan fingerprint density at radius 3 is 2.60 bits per heavy atom. The van der Waals surface area contributed by atoms with Gasteiger partial charge in [-0.1, -0.05) is 25.1 Å². The summed E-state index contributed by atoms with van der Waals surface area (Å²) in [5.74, 6) is 7.21. The first-order chi connectivity index (χ1) is 7.15. The van der Waals surface area contributed by atoms with Crippen LogP contribution in [-0.2, 0) is 0 Å². The highest BCUT2D eigenvalue weighted by Crippen LogP contribution is 2.47. The van der Waals surface area contributed by atoms with Crippen molar-refractivity contribution in [2.24, 2.45) is 17.7 Å². The normalized spacial score (nSPS) is 26.4. The van der Waals surface area contributed by atoms with Crippen LogP contribution >= 0.6 is 0 Å². The second-order valence-electron chi connectivity index (χ2n) is 4.81. The molecule has 1 aliphatic rings. The van der Waals surface area contributed by atoms with Crippen molar-refractivity contribution < 1.29 is 0 Å². The van der Waals surface area contributed by atoms with Gasteiger partial charge in [-0.15, -0.1) is 0 Å². The Morgan fingerprint density at radius 2 is 2.07 bits per heavy atom. The van der Waals surface area contributed by atoms with Crippen molar-refractivity contribution in [1.82, 2.24) is 5.43 Å². The molecule has 0 radical (unpaired) electrons. The summed E-state index contributed by atoms with van der Waals surface area (Å²) in [6.45, 7) is 6.63. The van der Waals surface area contributed by atoms with Gasteiger partial charge >= 0.3 is 0 Å². The SMILES string of the molecule is Cc1cccc(C(NN)C2CC2C)c1C. The number of hydrogen-bond donors (Lipinski definition) is 2. The lowest BCUT2D eigenvalue weighted by molar-refractivity contribution is 0.473. The van der Waals surface area contributed by atoms with E-state index in [4.69, 9.17) is 5.84 Å². The smallest absolute Gasteiger partial charge is 0.0493 e. The van der Waals surface area contributed by atoms with Gasteiger partial charge in [0.25, 0.3) is 0 Å². The zero-order valence-corrected chi connectivity index (χ0v) is 9.75. The quantitative estimate of drug-likeness (QED) is 0.586. The Labute approximate surface area is 91.8 Å². The molecule has 2 rings (SSSR count). The van der Waals surface area contributed by atoms with Gasteiger partial charge in [0.15, 0.2) is 0 Å². The van der Waals surface area contributed by atoms with Crippen LogP contribution in [0.4, 0.5) is 0 Å². The van der Waals surface area contributed by atoms with E-state index < -0.39 is 0 Å². The lowest BCUT2D eigenvalue weighted by atomic mass is 9.94. The first-order valence-electron chi connectivity index (χ1n) is 5.67. The standard InChI is InChI=1S/C13H20N2/c1-8-5-4-6-11(10(8)3)13(15-14)12-7-9(12)2/h4-6,9,12-13,15H,7,14H2,1-3H3. The second-order valence-corrected chi connectivity index (χ2v) is 4.81. The molecule has 15 heavy (non-hydrogen) atoms. The summed E-state index contributed by atoms with van der Waals surface area (Å²) < 4.78 is 0. The Balaban J connectivity index is 2.30. The molecule has 1 aliphatic carbocycles. The zero-order valence-electron chi connectivity index (χ0n) is 9.75. The summed E-state index contributed by atoms with van der Waals surface area (Å²) in [6, 6.07) is 6.80. The van der Waals surface area contributed by atoms with Gasteiger partial charge in [-0.25, -0.2) is 0 Å². The maximum atomic E-state index is 5.68. The molecule has 2 heteroatoms. The van der Waals surface area contributed by atoms with E-state index in [9.17, 15) is 0 Å². The lowest BCUT2D eigenvalue weighted by Gasteiger charge is -2.19. The van der Waals surface area contributed by atoms with E-state index in [1.807, 2.05) is 0 Å². The van der Waals surface area contributed by atoms with Gasteiger partial charge in [-0.3, -0.25) is 11.3 Å². The fraction of sp³-hybridized carbons (Fsp3) is 0.538. The Kier molecular flexibility index (Phi) is 2.81. The molecule has 0 heterocycles. The van der Waals surface area contributed by atoms with Crippen LogP contribution in [0.15, 0.2) is 18.2 Å². The number of hydrazine groups is 1. The monoisotopic (exact) mass is 204 g/mol. The number of hydrogen-bond acceptors (Lipinski definition) is 2. The van der Waals surface area contributed by atoms with Gasteiger partial charge in [0, 0.05) is 6.04 Å². The van der Waals surface area contributed by atoms with Crippen LogP contribution in [-0.4, -0.2) is 0 Å². The minimum Gasteiger partial charge on any atom is -0.271 e. The first kappa shape index (κ1) is 10.7. The highest BCUT2D eigenvalue weighted by molar-refractivity contribution is 5.36. The molecule has 0 amide bonds. The van der Waals surface area contributed by atoms with Crippen molar-refractivity contribution in [1.29, 1.82) is 0 Å². The van der Waals surface area contributed by atoms with Gasteiger partial charge in [-0.05, 0) is 48.8 Å². The average molecular weight is 204 g/mol. The van der Waals surface area contributed by atoms with Crippen LogP contribution in [0, 0.1) is 25.7 Å². The molecular weight excluding hydrogens is 184 g/mol. The van der Waals surface area contributed by atoms with Gasteiger partial charge in [0.2, 0.25) is 0 Å². The molecule has 1 saturated carbocycles. The van der Waals surface area contributed by atoms with E-state index >= 15 is 0 Å². The fourth-order valence-corrected chi connectivity index (χ4v) is 2.37. The third kappa shape index (κ3) is 1.92. The van der Waals surface area contributed by atoms with Crippen molar-refractivity contribution in [2.45, 2.75) is 33.2 Å². The molecule has 0 bridgehead atoms. The van der Waals surface area contributed by atoms with Crippen LogP contribution in [0.2, 0.25) is 0 Å². The molecule has 1 aromatic carbocycles. The predicted octanol–water partition coefficient (Wildman–Crippen LogP) is 2.46. The second kappa shape index (κ2) is 3.95. The van der Waals surface area contributed by atoms with Gasteiger partial charge in [-0.2, -0.15) is 0 Å². The molecule has 1 aromatic rings. The molecule has 82 valence electrons. The molecule has 3 unspecified atom stereocenters. The maximum absolute atomic E-state index is 5.68. The van der Waals surface area contributed by atoms with Crippen molar-refractivity contribution >= 4 is 0 Å². The highest BCUT2D eigenvalue weighted by Gasteiger charge is 2.40. The molecule has 0 spiro atoms. The number of benzene rings is 1. The van der Waals surface area contributed by atoms with Gasteiger partial charge < -0.3 is 0 Å². The zero-order chi connectivity index (χ0) is 11.0. The summed E-state index contributed by atoms with van der Waals surface area (Å²) in [5, 5.41) is 0. The van der Waals surface area contributed by atoms with E-state index in [0.717, 1.165) is 11.8 Å². The van der Waals surface area contributed by atoms with Gasteiger partial charge in [0.05, 0.1) is 0 Å². The van der Waals surface area contributed by atoms with Crippen LogP contribution in [0.3, 0.4) is 0 Å². The van der Waals surface area contributed by atoms with E-state index in [-0.39, 0.29) is 0 Å². The topological polar surface area (TPSA) is 38.0 Å². The summed E-state index contributed by atoms with van der Waals surface area (Å²) in [6.07, 6.45) is 1.29. The minimum absolute atomic E-state index is 0.333. The summed E-state index contributed by atoms with van der Waals surface area (Å²) in [5.41, 5.74) is 7.07. The predicted molar refractivity (Wildman–Crippen MR) is 63.3 cm³/mol. The Morgan fingerprint density at radius 1 is 1.40 bits per heavy atom. The molecule has 0 aliphatic heterocycles. The van der Waals surface area contributed by atoms with Crippen molar-refractivity contribution in [3.63, 3.8) is 0 Å². The average Bonchev–Trinajstić information content (AvgIpc) is 2.91. The summed E-state index contributed by atoms with van der Waals surface area (Å²) in [4.78, 5) is 0. The minimum atomic E-state index is 0.333. The molecule has 1 fully saturated rings. The molecule has 0 saturated heterocycles. The maximum Gasteiger partial charge on any atom is 0.0493 e. The third-order valence-electron chi connectivity index (χ3n) is 3.76. The fourth-order valence-electron chi connectivity index (χ4n) is 2.37. The summed E-state index contributed by atoms with van der Waals surface area (Å²) in [7, 11) is 0. The van der Waals surface area contributed by atoms with Crippen LogP contribution in [0.1, 0.15) is 36.1 Å². The van der Waals surface area contributed by atoms with Crippen LogP contribution in [0.5, 0.6) is 0 Å². The van der Waals surface area contributed by atoms with Crippen molar-refractivity contribution in [3.8, 4) is 0 Å². The molecule has 3 atom stereocenters. The van der Waals surface area contributed by atoms with Crippen LogP contribution in [0.25, 0.3) is 0 Å². The van der Waals surface area contributed by atoms with E-state index in [1.165, 1.54) is 23.1 Å². The molecule has 3 N–H and O–H groups in total. The van der Waals surface area contributed by atoms with Gasteiger partial charge in [0.1, 0.15) is 0 Å². The Bertz CT molecular complexity index is 360. The Hall–Kier alpha value is -0.860. The number of nitrogens with one attached hydrogen (secondary N) is 1. The van der Waals surface area contributed by atoms with E-state index in [0.29, 0.717) is 6.04 Å². The molecular formula is C13H20N2. The highest BCUT2D eigenvalue weighted by atomic mass is 15.2. The largest absolute Gasteiger partial charge is 0.271 e. The number of nitrogens with two attached hydrogens (primary N) is 1. The number of aryl methyl sites for hydroxylation is 1. The summed E-state index contributed by atoms with van der Waals surface area (Å²) >= 11 is 0. The van der Waals surface area contributed by atoms with E-state index in [1.54, 1.807) is 0 Å². The van der Waals surface area contributed by atoms with Crippen molar-refractivity contribution in [3.05, 3.63) is 34.9 Å². The third-order valence-corrected chi connectivity index (χ3v) is 3.76. The lowest BCUT2D eigenvalue weighted by Crippen LogP contribution is -2.30. The first-order valence-corrected chi connectivity index (χ1v) is 5.67. The molecule has 0 aromatic heterocycles.